The van der Waals surface area contributed by atoms with Gasteiger partial charge in [0, 0.05) is 26.0 Å². The normalized spacial score (nSPS) is 25.6. The molecular weight excluding hydrogens is 370 g/mol. The Hall–Kier alpha value is -1.76. The lowest BCUT2D eigenvalue weighted by Gasteiger charge is -2.40. The summed E-state index contributed by atoms with van der Waals surface area (Å²) in [6, 6.07) is 0. The summed E-state index contributed by atoms with van der Waals surface area (Å²) in [7, 11) is 1.63. The topological polar surface area (TPSA) is 73.9 Å². The molecule has 0 aromatic carbocycles. The molecule has 6 heteroatoms. The molecule has 1 fully saturated rings. The number of esters is 1. The quantitative estimate of drug-likeness (QED) is 0.304. The molecule has 6 nitrogen and oxygen atoms in total. The van der Waals surface area contributed by atoms with Crippen molar-refractivity contribution >= 4 is 11.8 Å². The number of ketones is 1. The molecule has 0 aromatic heterocycles. The van der Waals surface area contributed by atoms with Crippen molar-refractivity contribution in [3.63, 3.8) is 0 Å². The van der Waals surface area contributed by atoms with Crippen LogP contribution in [0.5, 0.6) is 0 Å². The van der Waals surface area contributed by atoms with Crippen molar-refractivity contribution in [2.75, 3.05) is 26.8 Å². The highest BCUT2D eigenvalue weighted by Gasteiger charge is 2.42. The molecule has 1 rings (SSSR count). The first-order valence-corrected chi connectivity index (χ1v) is 10.4. The highest BCUT2D eigenvalue weighted by atomic mass is 16.6. The van der Waals surface area contributed by atoms with E-state index in [2.05, 4.69) is 18.3 Å². The molecule has 4 atom stereocenters. The number of methoxy groups -OCH3 is 1. The van der Waals surface area contributed by atoms with Crippen LogP contribution in [-0.4, -0.2) is 56.9 Å². The fourth-order valence-electron chi connectivity index (χ4n) is 3.18. The summed E-state index contributed by atoms with van der Waals surface area (Å²) >= 11 is 0. The Morgan fingerprint density at radius 2 is 1.93 bits per heavy atom. The Bertz CT molecular complexity index is 596. The van der Waals surface area contributed by atoms with Gasteiger partial charge in [-0.05, 0) is 25.8 Å². The van der Waals surface area contributed by atoms with E-state index in [4.69, 9.17) is 14.2 Å². The molecule has 164 valence electrons. The summed E-state index contributed by atoms with van der Waals surface area (Å²) in [5.41, 5.74) is 0.974. The second-order valence-electron chi connectivity index (χ2n) is 7.53. The first-order valence-electron chi connectivity index (χ1n) is 10.4. The fraction of sp³-hybridized carbons (Fsp3) is 0.652. The Morgan fingerprint density at radius 3 is 2.59 bits per heavy atom. The van der Waals surface area contributed by atoms with Crippen molar-refractivity contribution in [3.8, 4) is 0 Å². The minimum atomic E-state index is -0.522. The van der Waals surface area contributed by atoms with Gasteiger partial charge in [0.15, 0.2) is 6.10 Å². The molecule has 1 aliphatic heterocycles. The van der Waals surface area contributed by atoms with Gasteiger partial charge in [-0.1, -0.05) is 50.6 Å². The van der Waals surface area contributed by atoms with E-state index in [1.165, 1.54) is 6.92 Å². The largest absolute Gasteiger partial charge is 0.455 e. The first-order chi connectivity index (χ1) is 13.9. The van der Waals surface area contributed by atoms with Gasteiger partial charge in [-0.15, -0.1) is 0 Å². The third-order valence-corrected chi connectivity index (χ3v) is 4.81. The maximum absolute atomic E-state index is 12.3. The molecule has 1 N–H and O–H groups in total. The zero-order valence-electron chi connectivity index (χ0n) is 18.5. The molecule has 0 bridgehead atoms. The number of hydrogen-bond acceptors (Lipinski definition) is 6. The molecule has 0 unspecified atom stereocenters. The van der Waals surface area contributed by atoms with Gasteiger partial charge < -0.3 is 19.5 Å². The van der Waals surface area contributed by atoms with Crippen LogP contribution in [0.2, 0.25) is 0 Å². The number of allylic oxidation sites excluding steroid dienone is 5. The molecule has 0 radical (unpaired) electrons. The van der Waals surface area contributed by atoms with Gasteiger partial charge in [-0.2, -0.15) is 0 Å². The monoisotopic (exact) mass is 407 g/mol. The van der Waals surface area contributed by atoms with E-state index in [1.807, 2.05) is 38.2 Å². The van der Waals surface area contributed by atoms with Crippen LogP contribution in [0.15, 0.2) is 36.0 Å². The minimum Gasteiger partial charge on any atom is -0.455 e. The van der Waals surface area contributed by atoms with Crippen LogP contribution in [0.3, 0.4) is 0 Å². The zero-order valence-corrected chi connectivity index (χ0v) is 18.5. The van der Waals surface area contributed by atoms with Crippen molar-refractivity contribution in [2.24, 2.45) is 5.92 Å². The fourth-order valence-corrected chi connectivity index (χ4v) is 3.18. The molecule has 0 aromatic rings. The minimum absolute atomic E-state index is 0.0478. The molecule has 1 heterocycles. The number of rotatable bonds is 12. The third-order valence-electron chi connectivity index (χ3n) is 4.81. The average molecular weight is 408 g/mol. The van der Waals surface area contributed by atoms with E-state index in [-0.39, 0.29) is 36.4 Å². The Morgan fingerprint density at radius 1 is 1.17 bits per heavy atom. The van der Waals surface area contributed by atoms with Crippen LogP contribution in [-0.2, 0) is 23.8 Å². The standard InChI is InChI=1S/C23H37NO5/c1-6-7-8-9-10-11-12-17(2)22-23(21(27-5)18(3)16-28-22)29-20(26)15-24-14-13-19(4)25/h8-12,18,21-24H,6-7,13-16H2,1-5H3/b9-8+,11-10+,17-12-/t18-,21+,22-,23-/m1/s1. The van der Waals surface area contributed by atoms with Crippen LogP contribution in [0, 0.1) is 5.92 Å². The van der Waals surface area contributed by atoms with E-state index >= 15 is 0 Å². The van der Waals surface area contributed by atoms with E-state index in [9.17, 15) is 9.59 Å². The summed E-state index contributed by atoms with van der Waals surface area (Å²) in [6.07, 6.45) is 11.5. The summed E-state index contributed by atoms with van der Waals surface area (Å²) in [5.74, 6) is -0.188. The van der Waals surface area contributed by atoms with Crippen LogP contribution < -0.4 is 5.32 Å². The zero-order chi connectivity index (χ0) is 21.6. The maximum Gasteiger partial charge on any atom is 0.320 e. The van der Waals surface area contributed by atoms with Gasteiger partial charge in [0.1, 0.15) is 18.0 Å². The molecule has 0 spiro atoms. The predicted octanol–water partition coefficient (Wildman–Crippen LogP) is 3.38. The Labute approximate surface area is 175 Å². The SMILES string of the molecule is CCC/C=C/C=C/C=C(/C)[C@H]1OC[C@@H](C)[C@H](OC)[C@H]1OC(=O)CNCCC(C)=O. The van der Waals surface area contributed by atoms with Gasteiger partial charge in [0.05, 0.1) is 13.2 Å². The number of carbonyl (C=O) groups excluding carboxylic acids is 2. The highest BCUT2D eigenvalue weighted by molar-refractivity contribution is 5.76. The number of Topliss-reactive ketones (excluding diaryl/α,β-unsaturated/α-hetero) is 1. The van der Waals surface area contributed by atoms with E-state index in [1.54, 1.807) is 7.11 Å². The summed E-state index contributed by atoms with van der Waals surface area (Å²) in [5, 5.41) is 2.94. The number of unbranched alkanes of at least 4 members (excludes halogenated alkanes) is 1. The molecular formula is C23H37NO5. The third kappa shape index (κ3) is 9.52. The van der Waals surface area contributed by atoms with Crippen LogP contribution in [0.1, 0.15) is 47.0 Å². The van der Waals surface area contributed by atoms with Crippen molar-refractivity contribution < 1.29 is 23.8 Å². The molecule has 1 aliphatic rings. The van der Waals surface area contributed by atoms with Gasteiger partial charge in [0.2, 0.25) is 0 Å². The van der Waals surface area contributed by atoms with Crippen LogP contribution in [0.4, 0.5) is 0 Å². The second-order valence-corrected chi connectivity index (χ2v) is 7.53. The predicted molar refractivity (Wildman–Crippen MR) is 115 cm³/mol. The van der Waals surface area contributed by atoms with Crippen LogP contribution in [0.25, 0.3) is 0 Å². The molecule has 0 saturated carbocycles. The lowest BCUT2D eigenvalue weighted by Crippen LogP contribution is -2.53. The molecule has 0 amide bonds. The van der Waals surface area contributed by atoms with Gasteiger partial charge >= 0.3 is 5.97 Å². The lowest BCUT2D eigenvalue weighted by molar-refractivity contribution is -0.191. The first kappa shape index (κ1) is 25.3. The Balaban J connectivity index is 2.77. The van der Waals surface area contributed by atoms with E-state index in [0.717, 1.165) is 18.4 Å². The second kappa shape index (κ2) is 14.3. The summed E-state index contributed by atoms with van der Waals surface area (Å²) in [4.78, 5) is 23.3. The molecule has 0 aliphatic carbocycles. The molecule has 29 heavy (non-hydrogen) atoms. The van der Waals surface area contributed by atoms with Crippen molar-refractivity contribution in [2.45, 2.75) is 65.3 Å². The van der Waals surface area contributed by atoms with Gasteiger partial charge in [-0.25, -0.2) is 0 Å². The Kier molecular flexibility index (Phi) is 12.4. The van der Waals surface area contributed by atoms with Gasteiger partial charge in [-0.3, -0.25) is 9.59 Å². The van der Waals surface area contributed by atoms with Crippen molar-refractivity contribution in [1.82, 2.24) is 5.32 Å². The number of nitrogens with one attached hydrogen (secondary N) is 1. The lowest BCUT2D eigenvalue weighted by atomic mass is 9.90. The summed E-state index contributed by atoms with van der Waals surface area (Å²) in [6.45, 7) is 8.71. The van der Waals surface area contributed by atoms with Gasteiger partial charge in [0.25, 0.3) is 0 Å². The smallest absolute Gasteiger partial charge is 0.320 e. The maximum atomic E-state index is 12.3. The number of carbonyl (C=O) groups is 2. The number of ether oxygens (including phenoxy) is 3. The average Bonchev–Trinajstić information content (AvgIpc) is 2.68. The number of hydrogen-bond donors (Lipinski definition) is 1. The van der Waals surface area contributed by atoms with E-state index in [0.29, 0.717) is 19.6 Å². The van der Waals surface area contributed by atoms with Crippen LogP contribution >= 0.6 is 0 Å². The van der Waals surface area contributed by atoms with Crippen molar-refractivity contribution in [1.29, 1.82) is 0 Å². The van der Waals surface area contributed by atoms with Crippen molar-refractivity contribution in [3.05, 3.63) is 36.0 Å². The summed E-state index contributed by atoms with van der Waals surface area (Å²) < 4.78 is 17.4. The van der Waals surface area contributed by atoms with E-state index < -0.39 is 6.10 Å². The highest BCUT2D eigenvalue weighted by Crippen LogP contribution is 2.29. The molecule has 1 saturated heterocycles.